The molecule has 1 saturated heterocycles. The van der Waals surface area contributed by atoms with Crippen LogP contribution in [-0.4, -0.2) is 37.3 Å². The van der Waals surface area contributed by atoms with Gasteiger partial charge < -0.3 is 10.2 Å². The quantitative estimate of drug-likeness (QED) is 0.885. The van der Waals surface area contributed by atoms with Gasteiger partial charge in [0.05, 0.1) is 16.1 Å². The summed E-state index contributed by atoms with van der Waals surface area (Å²) >= 11 is 3.46. The number of aromatic nitrogens is 1. The van der Waals surface area contributed by atoms with Crippen molar-refractivity contribution in [2.75, 3.05) is 31.3 Å². The third-order valence-corrected chi connectivity index (χ3v) is 5.46. The molecule has 0 saturated carbocycles. The van der Waals surface area contributed by atoms with Crippen molar-refractivity contribution in [3.63, 3.8) is 0 Å². The van der Waals surface area contributed by atoms with Crippen LogP contribution in [0, 0.1) is 5.92 Å². The van der Waals surface area contributed by atoms with Crippen LogP contribution in [0.15, 0.2) is 23.1 Å². The minimum absolute atomic E-state index is 0.0915. The first-order valence-electron chi connectivity index (χ1n) is 6.62. The molecular weight excluding hydrogens is 290 g/mol. The molecule has 6 heteroatoms. The van der Waals surface area contributed by atoms with Crippen LogP contribution < -0.4 is 10.2 Å². The summed E-state index contributed by atoms with van der Waals surface area (Å²) < 4.78 is 1.22. The highest BCUT2D eigenvalue weighted by atomic mass is 32.2. The molecule has 1 aliphatic rings. The Morgan fingerprint density at radius 3 is 3.15 bits per heavy atom. The minimum Gasteiger partial charge on any atom is -0.359 e. The number of carbonyl (C=O) groups excluding carboxylic acids is 1. The van der Waals surface area contributed by atoms with Crippen molar-refractivity contribution in [3.8, 4) is 0 Å². The molecule has 20 heavy (non-hydrogen) atoms. The van der Waals surface area contributed by atoms with Crippen molar-refractivity contribution in [2.45, 2.75) is 11.3 Å². The number of hydrogen-bond acceptors (Lipinski definition) is 5. The maximum absolute atomic E-state index is 11.7. The fourth-order valence-corrected chi connectivity index (χ4v) is 4.06. The highest BCUT2D eigenvalue weighted by molar-refractivity contribution is 7.98. The van der Waals surface area contributed by atoms with Gasteiger partial charge in [0.2, 0.25) is 5.91 Å². The van der Waals surface area contributed by atoms with Gasteiger partial charge in [-0.3, -0.25) is 4.79 Å². The number of benzene rings is 1. The number of anilines is 1. The van der Waals surface area contributed by atoms with Crippen LogP contribution in [-0.2, 0) is 4.79 Å². The number of nitrogens with zero attached hydrogens (tertiary/aromatic N) is 2. The second kappa shape index (κ2) is 5.61. The number of fused-ring (bicyclic) bond motifs is 1. The number of carbonyl (C=O) groups is 1. The molecule has 1 aliphatic heterocycles. The van der Waals surface area contributed by atoms with E-state index in [0.29, 0.717) is 0 Å². The molecule has 1 aromatic heterocycles. The van der Waals surface area contributed by atoms with Crippen LogP contribution >= 0.6 is 23.1 Å². The largest absolute Gasteiger partial charge is 0.359 e. The van der Waals surface area contributed by atoms with Gasteiger partial charge in [0.1, 0.15) is 0 Å². The molecule has 1 unspecified atom stereocenters. The van der Waals surface area contributed by atoms with E-state index in [1.807, 2.05) is 0 Å². The van der Waals surface area contributed by atoms with E-state index >= 15 is 0 Å². The Kier molecular flexibility index (Phi) is 3.85. The lowest BCUT2D eigenvalue weighted by atomic mass is 10.1. The molecule has 106 valence electrons. The summed E-state index contributed by atoms with van der Waals surface area (Å²) in [5.74, 6) is 0.229. The molecular formula is C14H17N3OS2. The van der Waals surface area contributed by atoms with Gasteiger partial charge in [-0.15, -0.1) is 11.8 Å². The summed E-state index contributed by atoms with van der Waals surface area (Å²) in [5, 5.41) is 3.77. The molecule has 1 amide bonds. The number of hydrogen-bond donors (Lipinski definition) is 1. The van der Waals surface area contributed by atoms with Gasteiger partial charge in [-0.25, -0.2) is 4.98 Å². The second-order valence-electron chi connectivity index (χ2n) is 4.88. The Morgan fingerprint density at radius 2 is 2.40 bits per heavy atom. The first kappa shape index (κ1) is 13.7. The van der Waals surface area contributed by atoms with E-state index in [1.54, 1.807) is 30.1 Å². The molecule has 1 N–H and O–H groups in total. The Labute approximate surface area is 126 Å². The number of nitrogens with one attached hydrogen (secondary N) is 1. The molecule has 3 rings (SSSR count). The summed E-state index contributed by atoms with van der Waals surface area (Å²) in [6.07, 6.45) is 2.99. The smallest absolute Gasteiger partial charge is 0.224 e. The molecule has 1 atom stereocenters. The SMILES string of the molecule is CNC(=O)C1CCN(c2nc3ccc(SC)cc3s2)C1. The zero-order chi connectivity index (χ0) is 14.1. The summed E-state index contributed by atoms with van der Waals surface area (Å²) in [6, 6.07) is 6.37. The first-order chi connectivity index (χ1) is 9.71. The van der Waals surface area contributed by atoms with E-state index < -0.39 is 0 Å². The molecule has 2 aromatic rings. The molecule has 0 aliphatic carbocycles. The fraction of sp³-hybridized carbons (Fsp3) is 0.429. The number of thioether (sulfide) groups is 1. The van der Waals surface area contributed by atoms with Crippen LogP contribution in [0.4, 0.5) is 5.13 Å². The molecule has 4 nitrogen and oxygen atoms in total. The van der Waals surface area contributed by atoms with Crippen molar-refractivity contribution in [3.05, 3.63) is 18.2 Å². The van der Waals surface area contributed by atoms with Gasteiger partial charge in [-0.1, -0.05) is 11.3 Å². The zero-order valence-corrected chi connectivity index (χ0v) is 13.2. The number of thiazole rings is 1. The Morgan fingerprint density at radius 1 is 1.55 bits per heavy atom. The maximum Gasteiger partial charge on any atom is 0.224 e. The topological polar surface area (TPSA) is 45.2 Å². The Hall–Kier alpha value is -1.27. The predicted molar refractivity (Wildman–Crippen MR) is 85.8 cm³/mol. The third-order valence-electron chi connectivity index (χ3n) is 3.66. The highest BCUT2D eigenvalue weighted by Gasteiger charge is 2.29. The van der Waals surface area contributed by atoms with E-state index in [2.05, 4.69) is 34.7 Å². The van der Waals surface area contributed by atoms with E-state index in [-0.39, 0.29) is 11.8 Å². The van der Waals surface area contributed by atoms with E-state index in [0.717, 1.165) is 30.2 Å². The lowest BCUT2D eigenvalue weighted by molar-refractivity contribution is -0.123. The lowest BCUT2D eigenvalue weighted by Gasteiger charge is -2.13. The Balaban J connectivity index is 1.83. The van der Waals surface area contributed by atoms with Crippen LogP contribution in [0.5, 0.6) is 0 Å². The van der Waals surface area contributed by atoms with E-state index in [4.69, 9.17) is 4.98 Å². The number of amides is 1. The van der Waals surface area contributed by atoms with Crippen molar-refractivity contribution in [1.82, 2.24) is 10.3 Å². The normalized spacial score (nSPS) is 18.7. The fourth-order valence-electron chi connectivity index (χ4n) is 2.51. The molecule has 2 heterocycles. The first-order valence-corrected chi connectivity index (χ1v) is 8.66. The van der Waals surface area contributed by atoms with E-state index in [9.17, 15) is 4.79 Å². The van der Waals surface area contributed by atoms with Crippen LogP contribution in [0.1, 0.15) is 6.42 Å². The summed E-state index contributed by atoms with van der Waals surface area (Å²) in [7, 11) is 1.70. The highest BCUT2D eigenvalue weighted by Crippen LogP contribution is 2.33. The third kappa shape index (κ3) is 2.50. The van der Waals surface area contributed by atoms with E-state index in [1.165, 1.54) is 9.60 Å². The Bertz CT molecular complexity index is 640. The summed E-state index contributed by atoms with van der Waals surface area (Å²) in [5.41, 5.74) is 1.05. The average molecular weight is 307 g/mol. The predicted octanol–water partition coefficient (Wildman–Crippen LogP) is 2.59. The van der Waals surface area contributed by atoms with Crippen LogP contribution in [0.3, 0.4) is 0 Å². The minimum atomic E-state index is 0.0915. The van der Waals surface area contributed by atoms with Gasteiger partial charge in [-0.05, 0) is 30.9 Å². The van der Waals surface area contributed by atoms with Crippen molar-refractivity contribution in [1.29, 1.82) is 0 Å². The molecule has 1 aromatic carbocycles. The van der Waals surface area contributed by atoms with Crippen molar-refractivity contribution in [2.24, 2.45) is 5.92 Å². The standard InChI is InChI=1S/C14H17N3OS2/c1-15-13(18)9-5-6-17(8-9)14-16-11-4-3-10(19-2)7-12(11)20-14/h3-4,7,9H,5-6,8H2,1-2H3,(H,15,18). The van der Waals surface area contributed by atoms with Crippen molar-refractivity contribution >= 4 is 44.4 Å². The van der Waals surface area contributed by atoms with Gasteiger partial charge in [0, 0.05) is 25.0 Å². The summed E-state index contributed by atoms with van der Waals surface area (Å²) in [4.78, 5) is 19.9. The summed E-state index contributed by atoms with van der Waals surface area (Å²) in [6.45, 7) is 1.68. The van der Waals surface area contributed by atoms with Crippen LogP contribution in [0.2, 0.25) is 0 Å². The average Bonchev–Trinajstić information content (AvgIpc) is 3.11. The van der Waals surface area contributed by atoms with Gasteiger partial charge in [-0.2, -0.15) is 0 Å². The second-order valence-corrected chi connectivity index (χ2v) is 6.76. The molecule has 0 spiro atoms. The van der Waals surface area contributed by atoms with Crippen molar-refractivity contribution < 1.29 is 4.79 Å². The molecule has 1 fully saturated rings. The van der Waals surface area contributed by atoms with Crippen LogP contribution in [0.25, 0.3) is 10.2 Å². The molecule has 0 bridgehead atoms. The lowest BCUT2D eigenvalue weighted by Crippen LogP contribution is -2.30. The number of rotatable bonds is 3. The van der Waals surface area contributed by atoms with Gasteiger partial charge in [0.15, 0.2) is 5.13 Å². The zero-order valence-electron chi connectivity index (χ0n) is 11.5. The monoisotopic (exact) mass is 307 g/mol. The molecule has 0 radical (unpaired) electrons. The van der Waals surface area contributed by atoms with Gasteiger partial charge in [0.25, 0.3) is 0 Å². The maximum atomic E-state index is 11.7. The van der Waals surface area contributed by atoms with Gasteiger partial charge >= 0.3 is 0 Å².